The average Bonchev–Trinajstić information content (AvgIpc) is 2.13. The van der Waals surface area contributed by atoms with Crippen LogP contribution in [0, 0.1) is 22.7 Å². The normalized spacial score (nSPS) is 15.8. The van der Waals surface area contributed by atoms with Crippen molar-refractivity contribution in [3.8, 4) is 0 Å². The van der Waals surface area contributed by atoms with Crippen LogP contribution in [0.2, 0.25) is 0 Å². The smallest absolute Gasteiger partial charge is 0.317 e. The van der Waals surface area contributed by atoms with Crippen molar-refractivity contribution in [1.82, 2.24) is 0 Å². The van der Waals surface area contributed by atoms with Crippen LogP contribution in [0.1, 0.15) is 68.2 Å². The third kappa shape index (κ3) is 5.33. The van der Waals surface area contributed by atoms with E-state index in [1.165, 1.54) is 0 Å². The molecule has 2 unspecified atom stereocenters. The predicted molar refractivity (Wildman–Crippen MR) is 77.6 cm³/mol. The van der Waals surface area contributed by atoms with Gasteiger partial charge in [0.15, 0.2) is 0 Å². The molecule has 0 aliphatic carbocycles. The summed E-state index contributed by atoms with van der Waals surface area (Å²) in [5, 5.41) is 0. The monoisotopic (exact) mass is 270 g/mol. The molecule has 0 amide bonds. The summed E-state index contributed by atoms with van der Waals surface area (Å²) in [5.41, 5.74) is -0.370. The van der Waals surface area contributed by atoms with Crippen molar-refractivity contribution < 1.29 is 14.3 Å². The second-order valence-electron chi connectivity index (χ2n) is 7.39. The first kappa shape index (κ1) is 18.1. The molecule has 0 aromatic heterocycles. The molecule has 19 heavy (non-hydrogen) atoms. The molecule has 0 aliphatic rings. The number of hydrogen-bond donors (Lipinski definition) is 0. The minimum absolute atomic E-state index is 0.185. The Morgan fingerprint density at radius 1 is 0.789 bits per heavy atom. The van der Waals surface area contributed by atoms with Crippen molar-refractivity contribution in [2.45, 2.75) is 68.2 Å². The Balaban J connectivity index is 4.86. The SMILES string of the molecule is CCC(C(=O)OC(=O)C(CC)C(C)(C)C)C(C)(C)C. The van der Waals surface area contributed by atoms with Gasteiger partial charge in [0.05, 0.1) is 11.8 Å². The molecular formula is C16H30O3. The Kier molecular flexibility index (Phi) is 6.24. The minimum atomic E-state index is -0.386. The maximum Gasteiger partial charge on any atom is 0.317 e. The van der Waals surface area contributed by atoms with E-state index in [9.17, 15) is 9.59 Å². The van der Waals surface area contributed by atoms with Crippen LogP contribution < -0.4 is 0 Å². The molecule has 0 fully saturated rings. The quantitative estimate of drug-likeness (QED) is 0.568. The van der Waals surface area contributed by atoms with Crippen molar-refractivity contribution in [2.24, 2.45) is 22.7 Å². The van der Waals surface area contributed by atoms with Crippen LogP contribution in [-0.4, -0.2) is 11.9 Å². The minimum Gasteiger partial charge on any atom is -0.393 e. The van der Waals surface area contributed by atoms with Gasteiger partial charge in [-0.15, -0.1) is 0 Å². The topological polar surface area (TPSA) is 43.4 Å². The van der Waals surface area contributed by atoms with Crippen molar-refractivity contribution in [2.75, 3.05) is 0 Å². The average molecular weight is 270 g/mol. The van der Waals surface area contributed by atoms with Crippen LogP contribution in [0.25, 0.3) is 0 Å². The molecule has 0 aromatic rings. The standard InChI is InChI=1S/C16H30O3/c1-9-11(15(3,4)5)13(17)19-14(18)12(10-2)16(6,7)8/h11-12H,9-10H2,1-8H3. The summed E-state index contributed by atoms with van der Waals surface area (Å²) in [6, 6.07) is 0. The number of ether oxygens (including phenoxy) is 1. The van der Waals surface area contributed by atoms with Gasteiger partial charge in [-0.25, -0.2) is 0 Å². The maximum atomic E-state index is 12.1. The van der Waals surface area contributed by atoms with E-state index in [1.54, 1.807) is 0 Å². The molecule has 0 rings (SSSR count). The van der Waals surface area contributed by atoms with Crippen LogP contribution in [0.15, 0.2) is 0 Å². The summed E-state index contributed by atoms with van der Waals surface area (Å²) < 4.78 is 5.13. The molecule has 0 radical (unpaired) electrons. The van der Waals surface area contributed by atoms with E-state index in [0.29, 0.717) is 12.8 Å². The van der Waals surface area contributed by atoms with Crippen LogP contribution in [0.4, 0.5) is 0 Å². The van der Waals surface area contributed by atoms with Gasteiger partial charge in [-0.1, -0.05) is 55.4 Å². The highest BCUT2D eigenvalue weighted by molar-refractivity contribution is 5.88. The summed E-state index contributed by atoms with van der Waals surface area (Å²) in [4.78, 5) is 24.3. The van der Waals surface area contributed by atoms with E-state index >= 15 is 0 Å². The molecule has 2 atom stereocenters. The second kappa shape index (κ2) is 6.53. The van der Waals surface area contributed by atoms with Gasteiger partial charge in [0.25, 0.3) is 0 Å². The molecule has 0 aliphatic heterocycles. The van der Waals surface area contributed by atoms with Crippen molar-refractivity contribution in [3.63, 3.8) is 0 Å². The number of carbonyl (C=O) groups excluding carboxylic acids is 2. The number of esters is 2. The summed E-state index contributed by atoms with van der Waals surface area (Å²) in [6.07, 6.45) is 1.36. The van der Waals surface area contributed by atoms with E-state index in [-0.39, 0.29) is 34.6 Å². The summed E-state index contributed by atoms with van der Waals surface area (Å²) in [7, 11) is 0. The first-order valence-electron chi connectivity index (χ1n) is 7.20. The Morgan fingerprint density at radius 2 is 1.05 bits per heavy atom. The third-order valence-corrected chi connectivity index (χ3v) is 3.68. The zero-order valence-corrected chi connectivity index (χ0v) is 13.8. The Morgan fingerprint density at radius 3 is 1.21 bits per heavy atom. The van der Waals surface area contributed by atoms with Gasteiger partial charge in [-0.2, -0.15) is 0 Å². The maximum absolute atomic E-state index is 12.1. The Bertz CT molecular complexity index is 286. The fourth-order valence-corrected chi connectivity index (χ4v) is 2.51. The molecular weight excluding hydrogens is 240 g/mol. The number of rotatable bonds is 4. The fraction of sp³-hybridized carbons (Fsp3) is 0.875. The lowest BCUT2D eigenvalue weighted by Crippen LogP contribution is -2.36. The molecule has 0 saturated carbocycles. The summed E-state index contributed by atoms with van der Waals surface area (Å²) >= 11 is 0. The Labute approximate surface area is 118 Å². The molecule has 3 heteroatoms. The van der Waals surface area contributed by atoms with Crippen LogP contribution >= 0.6 is 0 Å². The van der Waals surface area contributed by atoms with Gasteiger partial charge in [0.1, 0.15) is 0 Å². The summed E-state index contributed by atoms with van der Waals surface area (Å²) in [5.74, 6) is -1.26. The second-order valence-corrected chi connectivity index (χ2v) is 7.39. The molecule has 0 spiro atoms. The van der Waals surface area contributed by atoms with Gasteiger partial charge in [0, 0.05) is 0 Å². The first-order chi connectivity index (χ1) is 8.45. The Hall–Kier alpha value is -0.860. The highest BCUT2D eigenvalue weighted by Crippen LogP contribution is 2.32. The van der Waals surface area contributed by atoms with Crippen molar-refractivity contribution in [3.05, 3.63) is 0 Å². The molecule has 0 bridgehead atoms. The largest absolute Gasteiger partial charge is 0.393 e. The van der Waals surface area contributed by atoms with E-state index in [2.05, 4.69) is 0 Å². The predicted octanol–water partition coefficient (Wildman–Crippen LogP) is 4.20. The molecule has 112 valence electrons. The lowest BCUT2D eigenvalue weighted by Gasteiger charge is -2.30. The van der Waals surface area contributed by atoms with E-state index in [4.69, 9.17) is 4.74 Å². The highest BCUT2D eigenvalue weighted by Gasteiger charge is 2.36. The van der Waals surface area contributed by atoms with Gasteiger partial charge >= 0.3 is 11.9 Å². The lowest BCUT2D eigenvalue weighted by molar-refractivity contribution is -0.170. The lowest BCUT2D eigenvalue weighted by atomic mass is 9.78. The summed E-state index contributed by atoms with van der Waals surface area (Å²) in [6.45, 7) is 15.9. The van der Waals surface area contributed by atoms with E-state index < -0.39 is 0 Å². The molecule has 0 aromatic carbocycles. The van der Waals surface area contributed by atoms with Crippen molar-refractivity contribution >= 4 is 11.9 Å². The van der Waals surface area contributed by atoms with E-state index in [1.807, 2.05) is 55.4 Å². The number of carbonyl (C=O) groups is 2. The van der Waals surface area contributed by atoms with Gasteiger partial charge in [0.2, 0.25) is 0 Å². The zero-order valence-electron chi connectivity index (χ0n) is 13.8. The van der Waals surface area contributed by atoms with Gasteiger partial charge in [-0.05, 0) is 23.7 Å². The van der Waals surface area contributed by atoms with Gasteiger partial charge in [-0.3, -0.25) is 9.59 Å². The number of hydrogen-bond acceptors (Lipinski definition) is 3. The fourth-order valence-electron chi connectivity index (χ4n) is 2.51. The molecule has 0 heterocycles. The van der Waals surface area contributed by atoms with Crippen LogP contribution in [0.3, 0.4) is 0 Å². The van der Waals surface area contributed by atoms with Crippen LogP contribution in [-0.2, 0) is 14.3 Å². The van der Waals surface area contributed by atoms with Crippen molar-refractivity contribution in [1.29, 1.82) is 0 Å². The zero-order chi connectivity index (χ0) is 15.4. The molecule has 0 saturated heterocycles. The third-order valence-electron chi connectivity index (χ3n) is 3.68. The first-order valence-corrected chi connectivity index (χ1v) is 7.20. The van der Waals surface area contributed by atoms with E-state index in [0.717, 1.165) is 0 Å². The highest BCUT2D eigenvalue weighted by atomic mass is 16.6. The molecule has 3 nitrogen and oxygen atoms in total. The molecule has 0 N–H and O–H groups in total. The van der Waals surface area contributed by atoms with Crippen LogP contribution in [0.5, 0.6) is 0 Å². The van der Waals surface area contributed by atoms with Gasteiger partial charge < -0.3 is 4.74 Å².